The Hall–Kier alpha value is -2.87. The van der Waals surface area contributed by atoms with E-state index in [0.29, 0.717) is 24.2 Å². The highest BCUT2D eigenvalue weighted by molar-refractivity contribution is 7.92. The molecule has 7 nitrogen and oxygen atoms in total. The van der Waals surface area contributed by atoms with Crippen molar-refractivity contribution in [3.8, 4) is 0 Å². The predicted octanol–water partition coefficient (Wildman–Crippen LogP) is 3.32. The van der Waals surface area contributed by atoms with Gasteiger partial charge in [0.25, 0.3) is 5.91 Å². The molecule has 1 aromatic heterocycles. The molecular formula is C21H26N4O3S. The van der Waals surface area contributed by atoms with Crippen molar-refractivity contribution >= 4 is 32.7 Å². The number of aryl methyl sites for hydroxylation is 2. The Morgan fingerprint density at radius 1 is 1.14 bits per heavy atom. The molecule has 0 atom stereocenters. The molecule has 29 heavy (non-hydrogen) atoms. The summed E-state index contributed by atoms with van der Waals surface area (Å²) < 4.78 is 28.5. The number of nitrogens with zero attached hydrogens (tertiary/aromatic N) is 2. The van der Waals surface area contributed by atoms with Gasteiger partial charge in [-0.15, -0.1) is 0 Å². The van der Waals surface area contributed by atoms with Gasteiger partial charge in [-0.05, 0) is 50.1 Å². The topological polar surface area (TPSA) is 93.1 Å². The number of nitrogens with one attached hydrogen (secondary N) is 2. The number of hydrogen-bond donors (Lipinski definition) is 2. The molecule has 3 rings (SSSR count). The number of carbonyl (C=O) groups excluding carboxylic acids is 1. The van der Waals surface area contributed by atoms with E-state index in [1.165, 1.54) is 0 Å². The zero-order valence-corrected chi connectivity index (χ0v) is 17.5. The van der Waals surface area contributed by atoms with Crippen LogP contribution in [0.15, 0.2) is 48.5 Å². The van der Waals surface area contributed by atoms with Gasteiger partial charge in [-0.3, -0.25) is 9.52 Å². The number of aromatic nitrogens is 2. The average molecular weight is 415 g/mol. The summed E-state index contributed by atoms with van der Waals surface area (Å²) in [6.45, 7) is 5.04. The third-order valence-corrected chi connectivity index (χ3v) is 6.05. The molecule has 0 saturated carbocycles. The number of sulfonamides is 1. The van der Waals surface area contributed by atoms with E-state index in [0.717, 1.165) is 29.8 Å². The number of carbonyl (C=O) groups is 1. The highest BCUT2D eigenvalue weighted by Crippen LogP contribution is 2.16. The number of amides is 1. The summed E-state index contributed by atoms with van der Waals surface area (Å²) in [7, 11) is -3.39. The van der Waals surface area contributed by atoms with Crippen molar-refractivity contribution in [2.45, 2.75) is 33.2 Å². The second kappa shape index (κ2) is 9.09. The fourth-order valence-electron chi connectivity index (χ4n) is 3.24. The van der Waals surface area contributed by atoms with Gasteiger partial charge in [0.05, 0.1) is 16.8 Å². The minimum absolute atomic E-state index is 0.0474. The molecule has 8 heteroatoms. The lowest BCUT2D eigenvalue weighted by atomic mass is 10.2. The van der Waals surface area contributed by atoms with Crippen molar-refractivity contribution < 1.29 is 13.2 Å². The summed E-state index contributed by atoms with van der Waals surface area (Å²) >= 11 is 0. The van der Waals surface area contributed by atoms with Crippen molar-refractivity contribution in [2.24, 2.45) is 0 Å². The van der Waals surface area contributed by atoms with E-state index >= 15 is 0 Å². The van der Waals surface area contributed by atoms with E-state index in [4.69, 9.17) is 0 Å². The summed E-state index contributed by atoms with van der Waals surface area (Å²) in [5.41, 5.74) is 2.87. The molecule has 0 aliphatic carbocycles. The zero-order valence-electron chi connectivity index (χ0n) is 16.7. The number of para-hydroxylation sites is 2. The van der Waals surface area contributed by atoms with Gasteiger partial charge >= 0.3 is 0 Å². The third-order valence-electron chi connectivity index (χ3n) is 4.56. The minimum Gasteiger partial charge on any atom is -0.352 e. The largest absolute Gasteiger partial charge is 0.352 e. The SMILES string of the molecule is CCCS(=O)(=O)Nc1cccc(C(=O)NCCCn2c(C)nc3ccccc32)c1. The van der Waals surface area contributed by atoms with E-state index in [1.807, 2.05) is 31.2 Å². The summed E-state index contributed by atoms with van der Waals surface area (Å²) in [6.07, 6.45) is 1.29. The molecule has 2 aromatic carbocycles. The molecule has 0 aliphatic heterocycles. The van der Waals surface area contributed by atoms with Crippen LogP contribution in [-0.4, -0.2) is 36.2 Å². The standard InChI is InChI=1S/C21H26N4O3S/c1-3-14-29(27,28)24-18-9-6-8-17(15-18)21(26)22-12-7-13-25-16(2)23-19-10-4-5-11-20(19)25/h4-6,8-11,15,24H,3,7,12-14H2,1-2H3,(H,22,26). The molecule has 2 N–H and O–H groups in total. The van der Waals surface area contributed by atoms with Crippen molar-refractivity contribution in [3.05, 3.63) is 59.9 Å². The Morgan fingerprint density at radius 3 is 2.72 bits per heavy atom. The smallest absolute Gasteiger partial charge is 0.251 e. The van der Waals surface area contributed by atoms with Crippen LogP contribution >= 0.6 is 0 Å². The van der Waals surface area contributed by atoms with Gasteiger partial charge in [0.15, 0.2) is 0 Å². The maximum absolute atomic E-state index is 12.4. The van der Waals surface area contributed by atoms with Crippen molar-refractivity contribution in [1.29, 1.82) is 0 Å². The van der Waals surface area contributed by atoms with Crippen LogP contribution in [0.5, 0.6) is 0 Å². The molecule has 154 valence electrons. The lowest BCUT2D eigenvalue weighted by Crippen LogP contribution is -2.25. The highest BCUT2D eigenvalue weighted by atomic mass is 32.2. The predicted molar refractivity (Wildman–Crippen MR) is 116 cm³/mol. The van der Waals surface area contributed by atoms with E-state index in [-0.39, 0.29) is 11.7 Å². The maximum atomic E-state index is 12.4. The number of rotatable bonds is 9. The molecule has 0 spiro atoms. The molecule has 1 heterocycles. The fourth-order valence-corrected chi connectivity index (χ4v) is 4.37. The molecule has 3 aromatic rings. The lowest BCUT2D eigenvalue weighted by molar-refractivity contribution is 0.0953. The van der Waals surface area contributed by atoms with Crippen LogP contribution < -0.4 is 10.0 Å². The molecule has 0 radical (unpaired) electrons. The van der Waals surface area contributed by atoms with Crippen LogP contribution in [0.4, 0.5) is 5.69 Å². The van der Waals surface area contributed by atoms with Gasteiger partial charge in [-0.2, -0.15) is 0 Å². The first-order chi connectivity index (χ1) is 13.9. The number of fused-ring (bicyclic) bond motifs is 1. The monoisotopic (exact) mass is 414 g/mol. The van der Waals surface area contributed by atoms with Gasteiger partial charge in [-0.1, -0.05) is 25.1 Å². The Morgan fingerprint density at radius 2 is 1.93 bits per heavy atom. The first kappa shape index (κ1) is 20.9. The van der Waals surface area contributed by atoms with Gasteiger partial charge in [-0.25, -0.2) is 13.4 Å². The molecule has 0 fully saturated rings. The third kappa shape index (κ3) is 5.35. The van der Waals surface area contributed by atoms with E-state index in [2.05, 4.69) is 19.6 Å². The van der Waals surface area contributed by atoms with Crippen LogP contribution in [0.25, 0.3) is 11.0 Å². The Kier molecular flexibility index (Phi) is 6.53. The van der Waals surface area contributed by atoms with Crippen LogP contribution in [0, 0.1) is 6.92 Å². The molecule has 1 amide bonds. The van der Waals surface area contributed by atoms with E-state index < -0.39 is 10.0 Å². The van der Waals surface area contributed by atoms with Crippen LogP contribution in [0.1, 0.15) is 35.9 Å². The van der Waals surface area contributed by atoms with Crippen LogP contribution in [0.3, 0.4) is 0 Å². The second-order valence-corrected chi connectivity index (χ2v) is 8.75. The van der Waals surface area contributed by atoms with Gasteiger partial charge in [0, 0.05) is 24.3 Å². The van der Waals surface area contributed by atoms with Gasteiger partial charge < -0.3 is 9.88 Å². The molecule has 0 aliphatic rings. The Labute approximate surface area is 171 Å². The van der Waals surface area contributed by atoms with Crippen LogP contribution in [-0.2, 0) is 16.6 Å². The van der Waals surface area contributed by atoms with E-state index in [1.54, 1.807) is 31.2 Å². The van der Waals surface area contributed by atoms with Gasteiger partial charge in [0.1, 0.15) is 5.82 Å². The number of anilines is 1. The van der Waals surface area contributed by atoms with Crippen LogP contribution in [0.2, 0.25) is 0 Å². The Bertz CT molecular complexity index is 1110. The zero-order chi connectivity index (χ0) is 20.9. The highest BCUT2D eigenvalue weighted by Gasteiger charge is 2.11. The van der Waals surface area contributed by atoms with Gasteiger partial charge in [0.2, 0.25) is 10.0 Å². The summed E-state index contributed by atoms with van der Waals surface area (Å²) in [6, 6.07) is 14.5. The molecular weight excluding hydrogens is 388 g/mol. The summed E-state index contributed by atoms with van der Waals surface area (Å²) in [5, 5.41) is 2.89. The number of benzene rings is 2. The first-order valence-electron chi connectivity index (χ1n) is 9.70. The fraction of sp³-hybridized carbons (Fsp3) is 0.333. The quantitative estimate of drug-likeness (QED) is 0.525. The maximum Gasteiger partial charge on any atom is 0.251 e. The summed E-state index contributed by atoms with van der Waals surface area (Å²) in [4.78, 5) is 17.0. The Balaban J connectivity index is 1.56. The summed E-state index contributed by atoms with van der Waals surface area (Å²) in [5.74, 6) is 0.768. The first-order valence-corrected chi connectivity index (χ1v) is 11.4. The molecule has 0 saturated heterocycles. The lowest BCUT2D eigenvalue weighted by Gasteiger charge is -2.10. The molecule has 0 unspecified atom stereocenters. The number of hydrogen-bond acceptors (Lipinski definition) is 4. The van der Waals surface area contributed by atoms with E-state index in [9.17, 15) is 13.2 Å². The average Bonchev–Trinajstić information content (AvgIpc) is 3.00. The minimum atomic E-state index is -3.39. The normalized spacial score (nSPS) is 11.5. The number of imidazole rings is 1. The van der Waals surface area contributed by atoms with Crippen molar-refractivity contribution in [1.82, 2.24) is 14.9 Å². The second-order valence-electron chi connectivity index (χ2n) is 6.91. The van der Waals surface area contributed by atoms with Crippen molar-refractivity contribution in [2.75, 3.05) is 17.0 Å². The van der Waals surface area contributed by atoms with Crippen molar-refractivity contribution in [3.63, 3.8) is 0 Å². The molecule has 0 bridgehead atoms.